The van der Waals surface area contributed by atoms with Crippen LogP contribution in [0.2, 0.25) is 0 Å². The molecule has 1 aliphatic rings. The number of nitrogens with zero attached hydrogens (tertiary/aromatic N) is 1. The summed E-state index contributed by atoms with van der Waals surface area (Å²) in [6.45, 7) is 4.40. The van der Waals surface area contributed by atoms with Crippen LogP contribution < -0.4 is 10.1 Å². The maximum Gasteiger partial charge on any atom is 0.330 e. The minimum atomic E-state index is -0.492. The highest BCUT2D eigenvalue weighted by molar-refractivity contribution is 5.84. The molecular formula is C17H22N2O4. The second kappa shape index (κ2) is 7.76. The maximum absolute atomic E-state index is 12.1. The lowest BCUT2D eigenvalue weighted by atomic mass is 9.96. The Bertz CT molecular complexity index is 592. The Morgan fingerprint density at radius 3 is 2.48 bits per heavy atom. The lowest BCUT2D eigenvalue weighted by molar-refractivity contribution is -0.137. The second-order valence-electron chi connectivity index (χ2n) is 5.74. The van der Waals surface area contributed by atoms with Crippen LogP contribution in [0.5, 0.6) is 5.75 Å². The van der Waals surface area contributed by atoms with Gasteiger partial charge in [0, 0.05) is 25.9 Å². The van der Waals surface area contributed by atoms with E-state index in [1.807, 2.05) is 19.1 Å². The van der Waals surface area contributed by atoms with Gasteiger partial charge in [-0.15, -0.1) is 0 Å². The quantitative estimate of drug-likeness (QED) is 0.670. The smallest absolute Gasteiger partial charge is 0.330 e. The standard InChI is InChI=1S/C17H22N2O4/c1-12-5-3-4-6-15(12)23-16(21)11-18-17(22)14-7-9-19(10-8-14)13(2)20/h3-6,14H,7-11H2,1-2H3,(H,18,22). The summed E-state index contributed by atoms with van der Waals surface area (Å²) in [5, 5.41) is 2.62. The van der Waals surface area contributed by atoms with Crippen molar-refractivity contribution in [2.75, 3.05) is 19.6 Å². The summed E-state index contributed by atoms with van der Waals surface area (Å²) >= 11 is 0. The van der Waals surface area contributed by atoms with Crippen LogP contribution in [-0.4, -0.2) is 42.3 Å². The van der Waals surface area contributed by atoms with Gasteiger partial charge in [0.25, 0.3) is 0 Å². The van der Waals surface area contributed by atoms with Gasteiger partial charge in [0.2, 0.25) is 11.8 Å². The summed E-state index contributed by atoms with van der Waals surface area (Å²) < 4.78 is 5.22. The van der Waals surface area contributed by atoms with E-state index in [2.05, 4.69) is 5.32 Å². The third kappa shape index (κ3) is 4.81. The van der Waals surface area contributed by atoms with Crippen LogP contribution in [0.1, 0.15) is 25.3 Å². The number of carbonyl (C=O) groups excluding carboxylic acids is 3. The number of aryl methyl sites for hydroxylation is 1. The summed E-state index contributed by atoms with van der Waals surface area (Å²) in [4.78, 5) is 36.9. The first-order chi connectivity index (χ1) is 11.0. The van der Waals surface area contributed by atoms with Crippen molar-refractivity contribution >= 4 is 17.8 Å². The average Bonchev–Trinajstić information content (AvgIpc) is 2.55. The van der Waals surface area contributed by atoms with Crippen molar-refractivity contribution in [2.24, 2.45) is 5.92 Å². The van der Waals surface area contributed by atoms with Crippen molar-refractivity contribution in [1.82, 2.24) is 10.2 Å². The number of piperidine rings is 1. The van der Waals surface area contributed by atoms with Crippen molar-refractivity contribution < 1.29 is 19.1 Å². The number of hydrogen-bond donors (Lipinski definition) is 1. The van der Waals surface area contributed by atoms with Gasteiger partial charge in [-0.05, 0) is 31.4 Å². The summed E-state index contributed by atoms with van der Waals surface area (Å²) in [6.07, 6.45) is 1.25. The molecule has 1 fully saturated rings. The Morgan fingerprint density at radius 2 is 1.87 bits per heavy atom. The molecule has 0 spiro atoms. The normalized spacial score (nSPS) is 15.1. The predicted molar refractivity (Wildman–Crippen MR) is 84.8 cm³/mol. The van der Waals surface area contributed by atoms with Crippen LogP contribution in [0, 0.1) is 12.8 Å². The van der Waals surface area contributed by atoms with Gasteiger partial charge in [0.1, 0.15) is 12.3 Å². The topological polar surface area (TPSA) is 75.7 Å². The van der Waals surface area contributed by atoms with Gasteiger partial charge in [0.15, 0.2) is 0 Å². The third-order valence-electron chi connectivity index (χ3n) is 4.04. The molecule has 1 aromatic carbocycles. The van der Waals surface area contributed by atoms with Crippen LogP contribution in [-0.2, 0) is 14.4 Å². The fourth-order valence-corrected chi connectivity index (χ4v) is 2.59. The van der Waals surface area contributed by atoms with Crippen LogP contribution in [0.25, 0.3) is 0 Å². The molecule has 1 heterocycles. The molecule has 1 saturated heterocycles. The average molecular weight is 318 g/mol. The number of likely N-dealkylation sites (tertiary alicyclic amines) is 1. The van der Waals surface area contributed by atoms with E-state index in [0.717, 1.165) is 5.56 Å². The Morgan fingerprint density at radius 1 is 1.22 bits per heavy atom. The Balaban J connectivity index is 1.75. The first-order valence-corrected chi connectivity index (χ1v) is 7.77. The van der Waals surface area contributed by atoms with Crippen LogP contribution >= 0.6 is 0 Å². The molecule has 0 atom stereocenters. The van der Waals surface area contributed by atoms with Crippen LogP contribution in [0.4, 0.5) is 0 Å². The molecule has 0 unspecified atom stereocenters. The van der Waals surface area contributed by atoms with Gasteiger partial charge < -0.3 is 15.0 Å². The molecule has 2 amide bonds. The molecule has 0 bridgehead atoms. The van der Waals surface area contributed by atoms with Gasteiger partial charge in [0.05, 0.1) is 0 Å². The second-order valence-corrected chi connectivity index (χ2v) is 5.74. The van der Waals surface area contributed by atoms with E-state index in [1.165, 1.54) is 6.92 Å². The fraction of sp³-hybridized carbons (Fsp3) is 0.471. The Hall–Kier alpha value is -2.37. The van der Waals surface area contributed by atoms with E-state index in [-0.39, 0.29) is 24.3 Å². The van der Waals surface area contributed by atoms with E-state index in [0.29, 0.717) is 31.7 Å². The van der Waals surface area contributed by atoms with Crippen LogP contribution in [0.15, 0.2) is 24.3 Å². The van der Waals surface area contributed by atoms with Crippen LogP contribution in [0.3, 0.4) is 0 Å². The first-order valence-electron chi connectivity index (χ1n) is 7.77. The summed E-state index contributed by atoms with van der Waals surface area (Å²) in [7, 11) is 0. The highest BCUT2D eigenvalue weighted by Gasteiger charge is 2.26. The zero-order valence-electron chi connectivity index (χ0n) is 13.5. The number of nitrogens with one attached hydrogen (secondary N) is 1. The molecule has 23 heavy (non-hydrogen) atoms. The molecule has 0 saturated carbocycles. The molecule has 0 aromatic heterocycles. The van der Waals surface area contributed by atoms with Crippen molar-refractivity contribution in [3.05, 3.63) is 29.8 Å². The van der Waals surface area contributed by atoms with E-state index in [1.54, 1.807) is 17.0 Å². The molecule has 124 valence electrons. The number of carbonyl (C=O) groups is 3. The lowest BCUT2D eigenvalue weighted by Gasteiger charge is -2.30. The van der Waals surface area contributed by atoms with E-state index in [4.69, 9.17) is 4.74 Å². The number of amides is 2. The minimum Gasteiger partial charge on any atom is -0.425 e. The van der Waals surface area contributed by atoms with Gasteiger partial charge in [-0.3, -0.25) is 9.59 Å². The van der Waals surface area contributed by atoms with Crippen molar-refractivity contribution in [1.29, 1.82) is 0 Å². The van der Waals surface area contributed by atoms with E-state index < -0.39 is 5.97 Å². The molecule has 0 aliphatic carbocycles. The summed E-state index contributed by atoms with van der Waals surface area (Å²) in [5.41, 5.74) is 0.865. The molecule has 1 aliphatic heterocycles. The monoisotopic (exact) mass is 318 g/mol. The molecule has 1 aromatic rings. The highest BCUT2D eigenvalue weighted by Crippen LogP contribution is 2.18. The van der Waals surface area contributed by atoms with E-state index in [9.17, 15) is 14.4 Å². The van der Waals surface area contributed by atoms with Crippen molar-refractivity contribution in [3.8, 4) is 5.75 Å². The number of benzene rings is 1. The zero-order valence-corrected chi connectivity index (χ0v) is 13.5. The predicted octanol–water partition coefficient (Wildman–Crippen LogP) is 1.28. The van der Waals surface area contributed by atoms with Crippen molar-refractivity contribution in [2.45, 2.75) is 26.7 Å². The molecule has 2 rings (SSSR count). The van der Waals surface area contributed by atoms with Gasteiger partial charge in [-0.2, -0.15) is 0 Å². The Kier molecular flexibility index (Phi) is 5.73. The highest BCUT2D eigenvalue weighted by atomic mass is 16.5. The summed E-state index contributed by atoms with van der Waals surface area (Å²) in [5.74, 6) is -0.271. The third-order valence-corrected chi connectivity index (χ3v) is 4.04. The first kappa shape index (κ1) is 17.0. The SMILES string of the molecule is CC(=O)N1CCC(C(=O)NCC(=O)Oc2ccccc2C)CC1. The van der Waals surface area contributed by atoms with Crippen molar-refractivity contribution in [3.63, 3.8) is 0 Å². The maximum atomic E-state index is 12.1. The molecule has 6 nitrogen and oxygen atoms in total. The molecule has 1 N–H and O–H groups in total. The number of esters is 1. The molecular weight excluding hydrogens is 296 g/mol. The largest absolute Gasteiger partial charge is 0.425 e. The Labute approximate surface area is 135 Å². The molecule has 0 radical (unpaired) electrons. The fourth-order valence-electron chi connectivity index (χ4n) is 2.59. The summed E-state index contributed by atoms with van der Waals surface area (Å²) in [6, 6.07) is 7.22. The van der Waals surface area contributed by atoms with Gasteiger partial charge in [-0.25, -0.2) is 4.79 Å². The lowest BCUT2D eigenvalue weighted by Crippen LogP contribution is -2.43. The van der Waals surface area contributed by atoms with E-state index >= 15 is 0 Å². The van der Waals surface area contributed by atoms with Gasteiger partial charge in [-0.1, -0.05) is 18.2 Å². The zero-order chi connectivity index (χ0) is 16.8. The number of hydrogen-bond acceptors (Lipinski definition) is 4. The van der Waals surface area contributed by atoms with Gasteiger partial charge >= 0.3 is 5.97 Å². The number of rotatable bonds is 4. The number of ether oxygens (including phenoxy) is 1. The molecule has 6 heteroatoms. The number of para-hydroxylation sites is 1. The minimum absolute atomic E-state index is 0.0330.